The summed E-state index contributed by atoms with van der Waals surface area (Å²) in [5.74, 6) is 2.39. The molecule has 0 amide bonds. The fourth-order valence-corrected chi connectivity index (χ4v) is 2.79. The van der Waals surface area contributed by atoms with Crippen LogP contribution < -0.4 is 0 Å². The van der Waals surface area contributed by atoms with Gasteiger partial charge in [-0.1, -0.05) is 33.6 Å². The van der Waals surface area contributed by atoms with Gasteiger partial charge in [-0.3, -0.25) is 0 Å². The molecule has 1 N–H and O–H groups in total. The number of aliphatic hydroxyl groups excluding tert-OH is 1. The number of aliphatic hydroxyl groups is 1. The molecule has 3 unspecified atom stereocenters. The maximum absolute atomic E-state index is 9.61. The maximum atomic E-state index is 9.61. The Morgan fingerprint density at radius 1 is 1.31 bits per heavy atom. The van der Waals surface area contributed by atoms with Gasteiger partial charge in [0.05, 0.1) is 6.10 Å². The van der Waals surface area contributed by atoms with E-state index in [9.17, 15) is 5.11 Å². The zero-order chi connectivity index (χ0) is 9.84. The number of rotatable bonds is 3. The molecule has 0 saturated heterocycles. The highest BCUT2D eigenvalue weighted by atomic mass is 16.3. The van der Waals surface area contributed by atoms with Gasteiger partial charge in [-0.15, -0.1) is 0 Å². The van der Waals surface area contributed by atoms with Crippen molar-refractivity contribution < 1.29 is 5.11 Å². The smallest absolute Gasteiger partial charge is 0.0543 e. The Balaban J connectivity index is 2.50. The monoisotopic (exact) mass is 184 g/mol. The lowest BCUT2D eigenvalue weighted by Gasteiger charge is -2.36. The molecule has 13 heavy (non-hydrogen) atoms. The maximum Gasteiger partial charge on any atom is 0.0543 e. The molecule has 0 spiro atoms. The van der Waals surface area contributed by atoms with Crippen molar-refractivity contribution in [1.82, 2.24) is 0 Å². The molecule has 0 radical (unpaired) electrons. The standard InChI is InChI=1S/C12H24O/c1-4-5-10-6-7-11(13)8-12(10)9(2)3/h9-13H,4-8H2,1-3H3. The van der Waals surface area contributed by atoms with E-state index < -0.39 is 0 Å². The van der Waals surface area contributed by atoms with Gasteiger partial charge in [0.2, 0.25) is 0 Å². The lowest BCUT2D eigenvalue weighted by atomic mass is 9.71. The average molecular weight is 184 g/mol. The Kier molecular flexibility index (Phi) is 4.24. The SMILES string of the molecule is CCCC1CCC(O)CC1C(C)C. The molecule has 3 atom stereocenters. The summed E-state index contributed by atoms with van der Waals surface area (Å²) in [6, 6.07) is 0. The van der Waals surface area contributed by atoms with Crippen LogP contribution in [0.25, 0.3) is 0 Å². The molecule has 0 heterocycles. The molecule has 1 fully saturated rings. The normalized spacial score (nSPS) is 35.3. The second-order valence-corrected chi connectivity index (χ2v) is 4.92. The zero-order valence-electron chi connectivity index (χ0n) is 9.29. The van der Waals surface area contributed by atoms with Crippen LogP contribution in [0, 0.1) is 17.8 Å². The Bertz CT molecular complexity index is 142. The van der Waals surface area contributed by atoms with E-state index in [-0.39, 0.29) is 6.10 Å². The van der Waals surface area contributed by atoms with Crippen molar-refractivity contribution in [3.05, 3.63) is 0 Å². The first-order valence-electron chi connectivity index (χ1n) is 5.83. The summed E-state index contributed by atoms with van der Waals surface area (Å²) in [5, 5.41) is 9.61. The molecule has 0 aromatic heterocycles. The minimum atomic E-state index is -0.0134. The van der Waals surface area contributed by atoms with Crippen LogP contribution in [0.2, 0.25) is 0 Å². The summed E-state index contributed by atoms with van der Waals surface area (Å²) in [6.45, 7) is 6.86. The third-order valence-electron chi connectivity index (χ3n) is 3.54. The lowest BCUT2D eigenvalue weighted by molar-refractivity contribution is 0.0460. The first kappa shape index (κ1) is 11.0. The highest BCUT2D eigenvalue weighted by Gasteiger charge is 2.30. The first-order chi connectivity index (χ1) is 6.15. The summed E-state index contributed by atoms with van der Waals surface area (Å²) in [6.07, 6.45) is 5.97. The average Bonchev–Trinajstić information content (AvgIpc) is 2.08. The van der Waals surface area contributed by atoms with E-state index in [2.05, 4.69) is 20.8 Å². The van der Waals surface area contributed by atoms with E-state index in [0.29, 0.717) is 0 Å². The molecule has 0 aromatic carbocycles. The zero-order valence-corrected chi connectivity index (χ0v) is 9.29. The summed E-state index contributed by atoms with van der Waals surface area (Å²) in [5.41, 5.74) is 0. The fraction of sp³-hybridized carbons (Fsp3) is 1.00. The molecule has 0 bridgehead atoms. The van der Waals surface area contributed by atoms with Crippen LogP contribution >= 0.6 is 0 Å². The van der Waals surface area contributed by atoms with Crippen LogP contribution in [-0.2, 0) is 0 Å². The molecule has 1 saturated carbocycles. The summed E-state index contributed by atoms with van der Waals surface area (Å²) in [7, 11) is 0. The van der Waals surface area contributed by atoms with Crippen LogP contribution in [0.4, 0.5) is 0 Å². The van der Waals surface area contributed by atoms with E-state index in [4.69, 9.17) is 0 Å². The molecular formula is C12H24O. The second kappa shape index (κ2) is 4.99. The van der Waals surface area contributed by atoms with Crippen molar-refractivity contribution in [3.63, 3.8) is 0 Å². The van der Waals surface area contributed by atoms with Crippen LogP contribution in [-0.4, -0.2) is 11.2 Å². The summed E-state index contributed by atoms with van der Waals surface area (Å²) >= 11 is 0. The summed E-state index contributed by atoms with van der Waals surface area (Å²) in [4.78, 5) is 0. The van der Waals surface area contributed by atoms with Gasteiger partial charge in [-0.25, -0.2) is 0 Å². The van der Waals surface area contributed by atoms with E-state index >= 15 is 0 Å². The molecule has 0 aromatic rings. The van der Waals surface area contributed by atoms with Crippen molar-refractivity contribution in [3.8, 4) is 0 Å². The minimum absolute atomic E-state index is 0.0134. The van der Waals surface area contributed by atoms with Crippen molar-refractivity contribution in [2.24, 2.45) is 17.8 Å². The fourth-order valence-electron chi connectivity index (χ4n) is 2.79. The topological polar surface area (TPSA) is 20.2 Å². The van der Waals surface area contributed by atoms with Gasteiger partial charge in [0.1, 0.15) is 0 Å². The third-order valence-corrected chi connectivity index (χ3v) is 3.54. The molecule has 1 aliphatic carbocycles. The van der Waals surface area contributed by atoms with Crippen LogP contribution in [0.15, 0.2) is 0 Å². The molecule has 0 aliphatic heterocycles. The Morgan fingerprint density at radius 2 is 2.00 bits per heavy atom. The lowest BCUT2D eigenvalue weighted by Crippen LogP contribution is -2.31. The highest BCUT2D eigenvalue weighted by molar-refractivity contribution is 4.81. The predicted molar refractivity (Wildman–Crippen MR) is 56.6 cm³/mol. The molecule has 1 rings (SSSR count). The van der Waals surface area contributed by atoms with Crippen molar-refractivity contribution >= 4 is 0 Å². The molecular weight excluding hydrogens is 160 g/mol. The first-order valence-corrected chi connectivity index (χ1v) is 5.83. The van der Waals surface area contributed by atoms with Gasteiger partial charge in [-0.05, 0) is 37.0 Å². The van der Waals surface area contributed by atoms with E-state index in [0.717, 1.165) is 30.6 Å². The van der Waals surface area contributed by atoms with Gasteiger partial charge in [0.15, 0.2) is 0 Å². The largest absolute Gasteiger partial charge is 0.393 e. The quantitative estimate of drug-likeness (QED) is 0.714. The van der Waals surface area contributed by atoms with Crippen LogP contribution in [0.1, 0.15) is 52.9 Å². The van der Waals surface area contributed by atoms with Crippen molar-refractivity contribution in [2.75, 3.05) is 0 Å². The van der Waals surface area contributed by atoms with E-state index in [1.807, 2.05) is 0 Å². The molecule has 78 valence electrons. The summed E-state index contributed by atoms with van der Waals surface area (Å²) < 4.78 is 0. The molecule has 1 nitrogen and oxygen atoms in total. The van der Waals surface area contributed by atoms with Crippen molar-refractivity contribution in [1.29, 1.82) is 0 Å². The predicted octanol–water partition coefficient (Wildman–Crippen LogP) is 3.22. The van der Waals surface area contributed by atoms with Gasteiger partial charge < -0.3 is 5.11 Å². The van der Waals surface area contributed by atoms with Gasteiger partial charge in [0, 0.05) is 0 Å². The second-order valence-electron chi connectivity index (χ2n) is 4.92. The Morgan fingerprint density at radius 3 is 2.54 bits per heavy atom. The van der Waals surface area contributed by atoms with Gasteiger partial charge in [0.25, 0.3) is 0 Å². The number of hydrogen-bond acceptors (Lipinski definition) is 1. The van der Waals surface area contributed by atoms with E-state index in [1.165, 1.54) is 19.3 Å². The van der Waals surface area contributed by atoms with Gasteiger partial charge >= 0.3 is 0 Å². The third kappa shape index (κ3) is 2.98. The molecule has 1 heteroatoms. The van der Waals surface area contributed by atoms with Gasteiger partial charge in [-0.2, -0.15) is 0 Å². The van der Waals surface area contributed by atoms with Crippen LogP contribution in [0.5, 0.6) is 0 Å². The Hall–Kier alpha value is -0.0400. The Labute approximate surface area is 82.5 Å². The highest BCUT2D eigenvalue weighted by Crippen LogP contribution is 2.37. The number of hydrogen-bond donors (Lipinski definition) is 1. The molecule has 1 aliphatic rings. The van der Waals surface area contributed by atoms with E-state index in [1.54, 1.807) is 0 Å². The van der Waals surface area contributed by atoms with Crippen LogP contribution in [0.3, 0.4) is 0 Å². The van der Waals surface area contributed by atoms with Crippen molar-refractivity contribution in [2.45, 2.75) is 59.0 Å². The minimum Gasteiger partial charge on any atom is -0.393 e.